The lowest BCUT2D eigenvalue weighted by molar-refractivity contribution is 0.601. The molecule has 0 aliphatic carbocycles. The first-order valence-corrected chi connectivity index (χ1v) is 5.50. The van der Waals surface area contributed by atoms with Gasteiger partial charge < -0.3 is 0 Å². The van der Waals surface area contributed by atoms with Crippen molar-refractivity contribution in [2.45, 2.75) is 18.2 Å². The summed E-state index contributed by atoms with van der Waals surface area (Å²) in [7, 11) is -3.15. The molecule has 1 heterocycles. The van der Waals surface area contributed by atoms with Gasteiger partial charge in [-0.2, -0.15) is 0 Å². The van der Waals surface area contributed by atoms with E-state index in [1.54, 1.807) is 12.3 Å². The van der Waals surface area contributed by atoms with Crippen LogP contribution < -0.4 is 0 Å². The fourth-order valence-electron chi connectivity index (χ4n) is 0.800. The van der Waals surface area contributed by atoms with Gasteiger partial charge in [0.2, 0.25) is 0 Å². The summed E-state index contributed by atoms with van der Waals surface area (Å²) < 4.78 is 22.1. The van der Waals surface area contributed by atoms with Crippen molar-refractivity contribution >= 4 is 9.84 Å². The zero-order valence-corrected chi connectivity index (χ0v) is 7.85. The van der Waals surface area contributed by atoms with Crippen LogP contribution in [0.2, 0.25) is 0 Å². The third kappa shape index (κ3) is 2.04. The van der Waals surface area contributed by atoms with Crippen molar-refractivity contribution in [3.8, 4) is 0 Å². The number of aromatic nitrogens is 1. The molecule has 1 aromatic rings. The number of hydrogen-bond donors (Lipinski definition) is 0. The summed E-state index contributed by atoms with van der Waals surface area (Å²) in [6.07, 6.45) is 6.00. The highest BCUT2D eigenvalue weighted by Gasteiger charge is 2.07. The zero-order chi connectivity index (χ0) is 9.19. The van der Waals surface area contributed by atoms with Gasteiger partial charge in [0.1, 0.15) is 6.20 Å². The van der Waals surface area contributed by atoms with E-state index in [0.717, 1.165) is 18.2 Å². The van der Waals surface area contributed by atoms with Gasteiger partial charge in [-0.3, -0.25) is 4.98 Å². The summed E-state index contributed by atoms with van der Waals surface area (Å²) in [6, 6.07) is 1.60. The molecule has 0 N–H and O–H groups in total. The lowest BCUT2D eigenvalue weighted by Crippen LogP contribution is -1.99. The molecule has 0 aliphatic heterocycles. The van der Waals surface area contributed by atoms with Crippen LogP contribution in [0.4, 0.5) is 0 Å². The smallest absolute Gasteiger partial charge is 0.177 e. The molecule has 1 aromatic heterocycles. The van der Waals surface area contributed by atoms with Crippen LogP contribution >= 0.6 is 0 Å². The van der Waals surface area contributed by atoms with Crippen molar-refractivity contribution in [3.05, 3.63) is 24.0 Å². The van der Waals surface area contributed by atoms with Crippen LogP contribution in [0.5, 0.6) is 0 Å². The molecular formula is C8H10NO2S. The standard InChI is InChI=1S/C8H10NO2S/c1-3-7-4-8(6-9-5-7)12(2,10)11/h4-5H,3H2,1-2H3. The van der Waals surface area contributed by atoms with Crippen LogP contribution in [0.3, 0.4) is 0 Å². The van der Waals surface area contributed by atoms with E-state index < -0.39 is 9.84 Å². The number of pyridine rings is 1. The number of nitrogens with zero attached hydrogens (tertiary/aromatic N) is 1. The maximum absolute atomic E-state index is 11.0. The first kappa shape index (κ1) is 9.19. The van der Waals surface area contributed by atoms with Crippen LogP contribution in [0.1, 0.15) is 12.5 Å². The van der Waals surface area contributed by atoms with Crippen LogP contribution in [-0.4, -0.2) is 19.7 Å². The lowest BCUT2D eigenvalue weighted by Gasteiger charge is -1.98. The molecule has 0 saturated heterocycles. The predicted octanol–water partition coefficient (Wildman–Crippen LogP) is 0.848. The SMILES string of the molecule is CCc1cn[c]c(S(C)(=O)=O)c1. The maximum Gasteiger partial charge on any atom is 0.177 e. The second-order valence-electron chi connectivity index (χ2n) is 2.58. The first-order chi connectivity index (χ1) is 5.54. The van der Waals surface area contributed by atoms with Gasteiger partial charge in [0, 0.05) is 12.5 Å². The Kier molecular flexibility index (Phi) is 2.47. The monoisotopic (exact) mass is 184 g/mol. The fraction of sp³-hybridized carbons (Fsp3) is 0.375. The van der Waals surface area contributed by atoms with Gasteiger partial charge in [0.25, 0.3) is 0 Å². The van der Waals surface area contributed by atoms with E-state index in [2.05, 4.69) is 11.2 Å². The summed E-state index contributed by atoms with van der Waals surface area (Å²) >= 11 is 0. The first-order valence-electron chi connectivity index (χ1n) is 3.60. The van der Waals surface area contributed by atoms with E-state index in [0.29, 0.717) is 0 Å². The van der Waals surface area contributed by atoms with Gasteiger partial charge in [0.05, 0.1) is 4.90 Å². The highest BCUT2D eigenvalue weighted by Crippen LogP contribution is 2.08. The van der Waals surface area contributed by atoms with Crippen molar-refractivity contribution in [1.29, 1.82) is 0 Å². The van der Waals surface area contributed by atoms with Crippen LogP contribution in [0.15, 0.2) is 17.2 Å². The normalized spacial score (nSPS) is 11.5. The third-order valence-electron chi connectivity index (χ3n) is 1.53. The Morgan fingerprint density at radius 2 is 2.25 bits per heavy atom. The number of sulfone groups is 1. The Morgan fingerprint density at radius 3 is 2.75 bits per heavy atom. The van der Waals surface area contributed by atoms with Crippen molar-refractivity contribution in [1.82, 2.24) is 4.98 Å². The summed E-state index contributed by atoms with van der Waals surface area (Å²) in [4.78, 5) is 3.89. The summed E-state index contributed by atoms with van der Waals surface area (Å²) in [5.41, 5.74) is 0.911. The maximum atomic E-state index is 11.0. The molecule has 0 atom stereocenters. The van der Waals surface area contributed by atoms with Gasteiger partial charge >= 0.3 is 0 Å². The quantitative estimate of drug-likeness (QED) is 0.684. The second-order valence-corrected chi connectivity index (χ2v) is 4.56. The van der Waals surface area contributed by atoms with E-state index in [9.17, 15) is 8.42 Å². The lowest BCUT2D eigenvalue weighted by atomic mass is 10.2. The molecule has 0 fully saturated rings. The minimum absolute atomic E-state index is 0.168. The molecule has 0 unspecified atom stereocenters. The minimum atomic E-state index is -3.15. The molecule has 3 nitrogen and oxygen atoms in total. The number of rotatable bonds is 2. The number of hydrogen-bond acceptors (Lipinski definition) is 3. The molecule has 0 aliphatic rings. The van der Waals surface area contributed by atoms with Gasteiger partial charge in [-0.1, -0.05) is 6.92 Å². The summed E-state index contributed by atoms with van der Waals surface area (Å²) in [6.45, 7) is 1.95. The molecule has 0 saturated carbocycles. The molecule has 0 amide bonds. The van der Waals surface area contributed by atoms with Crippen LogP contribution in [0.25, 0.3) is 0 Å². The van der Waals surface area contributed by atoms with Gasteiger partial charge in [0.15, 0.2) is 9.84 Å². The fourth-order valence-corrected chi connectivity index (χ4v) is 1.38. The molecule has 12 heavy (non-hydrogen) atoms. The molecule has 65 valence electrons. The highest BCUT2D eigenvalue weighted by molar-refractivity contribution is 7.90. The van der Waals surface area contributed by atoms with E-state index in [1.165, 1.54) is 0 Å². The molecule has 1 rings (SSSR count). The van der Waals surface area contributed by atoms with Crippen LogP contribution in [-0.2, 0) is 16.3 Å². The topological polar surface area (TPSA) is 47.0 Å². The van der Waals surface area contributed by atoms with E-state index in [4.69, 9.17) is 0 Å². The predicted molar refractivity (Wildman–Crippen MR) is 45.6 cm³/mol. The average Bonchev–Trinajstić information content (AvgIpc) is 2.03. The molecule has 1 radical (unpaired) electrons. The highest BCUT2D eigenvalue weighted by atomic mass is 32.2. The Balaban J connectivity index is 3.20. The van der Waals surface area contributed by atoms with E-state index >= 15 is 0 Å². The van der Waals surface area contributed by atoms with Crippen molar-refractivity contribution in [2.24, 2.45) is 0 Å². The molecular weight excluding hydrogens is 174 g/mol. The summed E-state index contributed by atoms with van der Waals surface area (Å²) in [5, 5.41) is 0. The molecule has 0 bridgehead atoms. The zero-order valence-electron chi connectivity index (χ0n) is 7.03. The van der Waals surface area contributed by atoms with Gasteiger partial charge in [-0.15, -0.1) is 0 Å². The van der Waals surface area contributed by atoms with E-state index in [1.807, 2.05) is 6.92 Å². The minimum Gasteiger partial charge on any atom is -0.253 e. The number of aryl methyl sites for hydroxylation is 1. The Hall–Kier alpha value is -0.900. The van der Waals surface area contributed by atoms with Crippen molar-refractivity contribution in [3.63, 3.8) is 0 Å². The Labute approximate surface area is 72.4 Å². The third-order valence-corrected chi connectivity index (χ3v) is 2.54. The largest absolute Gasteiger partial charge is 0.253 e. The van der Waals surface area contributed by atoms with Crippen molar-refractivity contribution < 1.29 is 8.42 Å². The summed E-state index contributed by atoms with van der Waals surface area (Å²) in [5.74, 6) is 0. The Bertz CT molecular complexity index is 370. The van der Waals surface area contributed by atoms with Gasteiger partial charge in [-0.05, 0) is 18.1 Å². The molecule has 0 aromatic carbocycles. The Morgan fingerprint density at radius 1 is 1.58 bits per heavy atom. The molecule has 0 spiro atoms. The average molecular weight is 184 g/mol. The van der Waals surface area contributed by atoms with Crippen molar-refractivity contribution in [2.75, 3.05) is 6.26 Å². The van der Waals surface area contributed by atoms with Crippen LogP contribution in [0, 0.1) is 6.20 Å². The molecule has 4 heteroatoms. The van der Waals surface area contributed by atoms with E-state index in [-0.39, 0.29) is 4.90 Å². The second kappa shape index (κ2) is 3.23. The van der Waals surface area contributed by atoms with Gasteiger partial charge in [-0.25, -0.2) is 8.42 Å².